The molecular formula is C18H25N5. The van der Waals surface area contributed by atoms with Gasteiger partial charge in [0.15, 0.2) is 0 Å². The average molecular weight is 311 g/mol. The van der Waals surface area contributed by atoms with Crippen LogP contribution in [-0.2, 0) is 0 Å². The van der Waals surface area contributed by atoms with Crippen LogP contribution < -0.4 is 26.6 Å². The molecule has 0 saturated carbocycles. The summed E-state index contributed by atoms with van der Waals surface area (Å²) in [6.07, 6.45) is 0. The Morgan fingerprint density at radius 3 is 1.09 bits per heavy atom. The monoisotopic (exact) mass is 311 g/mol. The van der Waals surface area contributed by atoms with Gasteiger partial charge in [0.1, 0.15) is 0 Å². The molecule has 2 aromatic carbocycles. The van der Waals surface area contributed by atoms with Gasteiger partial charge in [-0.3, -0.25) is 0 Å². The molecule has 0 radical (unpaired) electrons. The van der Waals surface area contributed by atoms with Gasteiger partial charge in [-0.2, -0.15) is 0 Å². The minimum atomic E-state index is 0.866. The lowest BCUT2D eigenvalue weighted by atomic mass is 10.2. The molecule has 0 amide bonds. The highest BCUT2D eigenvalue weighted by molar-refractivity contribution is 5.70. The van der Waals surface area contributed by atoms with E-state index in [9.17, 15) is 0 Å². The van der Waals surface area contributed by atoms with Crippen LogP contribution >= 0.6 is 0 Å². The van der Waals surface area contributed by atoms with Gasteiger partial charge in [-0.15, -0.1) is 0 Å². The lowest BCUT2D eigenvalue weighted by Crippen LogP contribution is -2.27. The maximum Gasteiger partial charge on any atom is 0.0576 e. The zero-order chi connectivity index (χ0) is 15.7. The van der Waals surface area contributed by atoms with Gasteiger partial charge >= 0.3 is 0 Å². The van der Waals surface area contributed by atoms with Gasteiger partial charge in [-0.05, 0) is 24.3 Å². The molecule has 122 valence electrons. The van der Waals surface area contributed by atoms with Gasteiger partial charge in [0, 0.05) is 39.3 Å². The van der Waals surface area contributed by atoms with Crippen LogP contribution in [0.5, 0.6) is 0 Å². The zero-order valence-corrected chi connectivity index (χ0v) is 13.4. The number of para-hydroxylation sites is 4. The average Bonchev–Trinajstić information content (AvgIpc) is 2.60. The number of hydrogen-bond donors (Lipinski definition) is 5. The molecule has 3 rings (SSSR count). The van der Waals surface area contributed by atoms with Crippen LogP contribution in [0.25, 0.3) is 0 Å². The Morgan fingerprint density at radius 2 is 0.739 bits per heavy atom. The Morgan fingerprint density at radius 1 is 0.435 bits per heavy atom. The molecule has 0 aromatic heterocycles. The molecule has 5 heteroatoms. The van der Waals surface area contributed by atoms with Crippen molar-refractivity contribution >= 4 is 22.7 Å². The third-order valence-electron chi connectivity index (χ3n) is 3.84. The van der Waals surface area contributed by atoms with Gasteiger partial charge in [-0.1, -0.05) is 24.3 Å². The van der Waals surface area contributed by atoms with Crippen molar-refractivity contribution in [2.24, 2.45) is 0 Å². The van der Waals surface area contributed by atoms with Gasteiger partial charge in [0.05, 0.1) is 22.7 Å². The molecule has 5 N–H and O–H groups in total. The molecule has 1 heterocycles. The summed E-state index contributed by atoms with van der Waals surface area (Å²) in [4.78, 5) is 0. The van der Waals surface area contributed by atoms with E-state index in [0.717, 1.165) is 62.0 Å². The van der Waals surface area contributed by atoms with Crippen LogP contribution in [0.4, 0.5) is 22.7 Å². The summed E-state index contributed by atoms with van der Waals surface area (Å²) < 4.78 is 0. The fourth-order valence-corrected chi connectivity index (χ4v) is 2.67. The van der Waals surface area contributed by atoms with Crippen LogP contribution in [0.3, 0.4) is 0 Å². The zero-order valence-electron chi connectivity index (χ0n) is 13.4. The topological polar surface area (TPSA) is 60.1 Å². The summed E-state index contributed by atoms with van der Waals surface area (Å²) in [7, 11) is 0. The van der Waals surface area contributed by atoms with E-state index in [4.69, 9.17) is 0 Å². The Balaban J connectivity index is 1.68. The molecule has 0 unspecified atom stereocenters. The van der Waals surface area contributed by atoms with Crippen molar-refractivity contribution in [3.8, 4) is 0 Å². The van der Waals surface area contributed by atoms with Gasteiger partial charge in [0.25, 0.3) is 0 Å². The molecule has 0 spiro atoms. The minimum absolute atomic E-state index is 0.866. The van der Waals surface area contributed by atoms with Gasteiger partial charge in [-0.25, -0.2) is 0 Å². The highest BCUT2D eigenvalue weighted by atomic mass is 15.0. The van der Waals surface area contributed by atoms with Gasteiger partial charge in [0.2, 0.25) is 0 Å². The molecule has 1 aliphatic heterocycles. The molecule has 0 aliphatic carbocycles. The molecule has 0 saturated heterocycles. The third kappa shape index (κ3) is 4.53. The second kappa shape index (κ2) is 8.29. The smallest absolute Gasteiger partial charge is 0.0576 e. The lowest BCUT2D eigenvalue weighted by molar-refractivity contribution is 0.719. The third-order valence-corrected chi connectivity index (χ3v) is 3.84. The summed E-state index contributed by atoms with van der Waals surface area (Å²) in [6, 6.07) is 16.7. The summed E-state index contributed by atoms with van der Waals surface area (Å²) >= 11 is 0. The fourth-order valence-electron chi connectivity index (χ4n) is 2.67. The van der Waals surface area contributed by atoms with Gasteiger partial charge < -0.3 is 26.6 Å². The van der Waals surface area contributed by atoms with E-state index in [0.29, 0.717) is 0 Å². The Labute approximate surface area is 137 Å². The number of rotatable bonds is 0. The van der Waals surface area contributed by atoms with Crippen molar-refractivity contribution in [2.75, 3.05) is 60.5 Å². The molecule has 0 bridgehead atoms. The van der Waals surface area contributed by atoms with Crippen molar-refractivity contribution < 1.29 is 0 Å². The lowest BCUT2D eigenvalue weighted by Gasteiger charge is -2.15. The van der Waals surface area contributed by atoms with Crippen LogP contribution in [0.2, 0.25) is 0 Å². The number of benzene rings is 2. The van der Waals surface area contributed by atoms with Crippen molar-refractivity contribution in [3.05, 3.63) is 48.5 Å². The molecule has 0 fully saturated rings. The predicted molar refractivity (Wildman–Crippen MR) is 99.7 cm³/mol. The molecule has 2 aromatic rings. The summed E-state index contributed by atoms with van der Waals surface area (Å²) in [5, 5.41) is 17.4. The van der Waals surface area contributed by atoms with Crippen molar-refractivity contribution in [1.29, 1.82) is 0 Å². The van der Waals surface area contributed by atoms with Crippen LogP contribution in [0, 0.1) is 0 Å². The maximum atomic E-state index is 3.50. The van der Waals surface area contributed by atoms with Crippen molar-refractivity contribution in [1.82, 2.24) is 5.32 Å². The van der Waals surface area contributed by atoms with E-state index in [1.807, 2.05) is 0 Å². The highest BCUT2D eigenvalue weighted by Gasteiger charge is 2.03. The first-order chi connectivity index (χ1) is 11.4. The number of anilines is 4. The van der Waals surface area contributed by atoms with Crippen LogP contribution in [0.1, 0.15) is 0 Å². The second-order valence-corrected chi connectivity index (χ2v) is 5.55. The highest BCUT2D eigenvalue weighted by Crippen LogP contribution is 2.22. The Kier molecular flexibility index (Phi) is 5.58. The first kappa shape index (κ1) is 15.5. The van der Waals surface area contributed by atoms with E-state index in [1.54, 1.807) is 0 Å². The van der Waals surface area contributed by atoms with E-state index in [2.05, 4.69) is 75.1 Å². The quantitative estimate of drug-likeness (QED) is 0.518. The van der Waals surface area contributed by atoms with E-state index in [1.165, 1.54) is 0 Å². The Bertz CT molecular complexity index is 560. The predicted octanol–water partition coefficient (Wildman–Crippen LogP) is 2.64. The maximum absolute atomic E-state index is 3.50. The first-order valence-corrected chi connectivity index (χ1v) is 8.28. The number of hydrogen-bond acceptors (Lipinski definition) is 5. The summed E-state index contributed by atoms with van der Waals surface area (Å²) in [5.41, 5.74) is 4.61. The SMILES string of the molecule is c1ccc2c(c1)NCCNCCNc1ccccc1NCCN2. The molecule has 1 aliphatic rings. The standard InChI is InChI=1S/C18H25N5/c1-3-7-17-15(5-1)20-11-9-19-10-12-21-16-6-2-4-8-18(16)23-14-13-22-17/h1-8,19-23H,9-14H2. The van der Waals surface area contributed by atoms with E-state index < -0.39 is 0 Å². The first-order valence-electron chi connectivity index (χ1n) is 8.28. The summed E-state index contributed by atoms with van der Waals surface area (Å²) in [6.45, 7) is 5.43. The van der Waals surface area contributed by atoms with Crippen LogP contribution in [-0.4, -0.2) is 39.3 Å². The van der Waals surface area contributed by atoms with E-state index in [-0.39, 0.29) is 0 Å². The summed E-state index contributed by atoms with van der Waals surface area (Å²) in [5.74, 6) is 0. The van der Waals surface area contributed by atoms with Crippen LogP contribution in [0.15, 0.2) is 48.5 Å². The second-order valence-electron chi connectivity index (χ2n) is 5.55. The van der Waals surface area contributed by atoms with Crippen molar-refractivity contribution in [2.45, 2.75) is 0 Å². The molecule has 23 heavy (non-hydrogen) atoms. The molecular weight excluding hydrogens is 286 g/mol. The van der Waals surface area contributed by atoms with E-state index >= 15 is 0 Å². The molecule has 5 nitrogen and oxygen atoms in total. The molecule has 0 atom stereocenters. The largest absolute Gasteiger partial charge is 0.382 e. The Hall–Kier alpha value is -2.40. The van der Waals surface area contributed by atoms with Crippen molar-refractivity contribution in [3.63, 3.8) is 0 Å². The number of fused-ring (bicyclic) bond motifs is 2. The minimum Gasteiger partial charge on any atom is -0.382 e. The fraction of sp³-hybridized carbons (Fsp3) is 0.333. The normalized spacial score (nSPS) is 16.0. The number of nitrogens with one attached hydrogen (secondary N) is 5.